The molecule has 0 aliphatic heterocycles. The Labute approximate surface area is 73.6 Å². The lowest BCUT2D eigenvalue weighted by molar-refractivity contribution is -0.00391. The van der Waals surface area contributed by atoms with E-state index in [2.05, 4.69) is 0 Å². The smallest absolute Gasteiger partial charge is 0.0689 e. The first-order chi connectivity index (χ1) is 5.53. The lowest BCUT2D eigenvalue weighted by atomic mass is 9.92. The summed E-state index contributed by atoms with van der Waals surface area (Å²) in [5.74, 6) is 0.685. The van der Waals surface area contributed by atoms with Crippen molar-refractivity contribution in [2.75, 3.05) is 6.54 Å². The van der Waals surface area contributed by atoms with Crippen LogP contribution in [0.5, 0.6) is 0 Å². The number of hydrogen-bond donors (Lipinski definition) is 3. The van der Waals surface area contributed by atoms with Crippen LogP contribution in [0.25, 0.3) is 0 Å². The second kappa shape index (κ2) is 3.73. The molecule has 0 bridgehead atoms. The molecule has 0 heterocycles. The fraction of sp³-hybridized carbons (Fsp3) is 1.00. The molecule has 3 heteroatoms. The number of rotatable bonds is 5. The van der Waals surface area contributed by atoms with E-state index in [-0.39, 0.29) is 6.54 Å². The molecule has 0 spiro atoms. The molecule has 1 rings (SSSR count). The van der Waals surface area contributed by atoms with Gasteiger partial charge in [-0.3, -0.25) is 0 Å². The Balaban J connectivity index is 2.25. The van der Waals surface area contributed by atoms with E-state index in [0.29, 0.717) is 12.3 Å². The third-order valence-corrected chi connectivity index (χ3v) is 2.37. The highest BCUT2D eigenvalue weighted by atomic mass is 16.3. The van der Waals surface area contributed by atoms with Crippen molar-refractivity contribution in [3.05, 3.63) is 0 Å². The van der Waals surface area contributed by atoms with Gasteiger partial charge in [0.05, 0.1) is 11.7 Å². The van der Waals surface area contributed by atoms with E-state index >= 15 is 0 Å². The van der Waals surface area contributed by atoms with Gasteiger partial charge in [-0.05, 0) is 19.3 Å². The second-order valence-electron chi connectivity index (χ2n) is 4.24. The maximum Gasteiger partial charge on any atom is 0.0689 e. The average molecular weight is 173 g/mol. The molecule has 2 atom stereocenters. The van der Waals surface area contributed by atoms with Crippen LogP contribution in [0.4, 0.5) is 0 Å². The minimum atomic E-state index is -0.722. The molecule has 1 aliphatic rings. The second-order valence-corrected chi connectivity index (χ2v) is 4.24. The molecule has 0 aromatic carbocycles. The molecule has 0 unspecified atom stereocenters. The predicted molar refractivity (Wildman–Crippen MR) is 47.6 cm³/mol. The van der Waals surface area contributed by atoms with Gasteiger partial charge in [0.1, 0.15) is 0 Å². The molecular formula is C9H19NO2. The summed E-state index contributed by atoms with van der Waals surface area (Å²) in [5, 5.41) is 19.1. The summed E-state index contributed by atoms with van der Waals surface area (Å²) in [6, 6.07) is 0. The maximum atomic E-state index is 9.81. The molecule has 4 N–H and O–H groups in total. The van der Waals surface area contributed by atoms with Crippen molar-refractivity contribution >= 4 is 0 Å². The molecule has 0 saturated heterocycles. The van der Waals surface area contributed by atoms with Crippen LogP contribution in [0.3, 0.4) is 0 Å². The zero-order chi connectivity index (χ0) is 9.19. The van der Waals surface area contributed by atoms with Crippen molar-refractivity contribution in [2.24, 2.45) is 11.7 Å². The van der Waals surface area contributed by atoms with Crippen LogP contribution in [0.1, 0.15) is 32.6 Å². The molecule has 1 fully saturated rings. The molecule has 72 valence electrons. The number of hydrogen-bond acceptors (Lipinski definition) is 3. The van der Waals surface area contributed by atoms with Crippen molar-refractivity contribution < 1.29 is 10.2 Å². The van der Waals surface area contributed by atoms with E-state index in [1.54, 1.807) is 6.92 Å². The molecular weight excluding hydrogens is 154 g/mol. The normalized spacial score (nSPS) is 25.0. The highest BCUT2D eigenvalue weighted by molar-refractivity contribution is 4.85. The first-order valence-electron chi connectivity index (χ1n) is 4.64. The highest BCUT2D eigenvalue weighted by Gasteiger charge is 2.32. The Kier molecular flexibility index (Phi) is 3.09. The van der Waals surface area contributed by atoms with Crippen LogP contribution >= 0.6 is 0 Å². The Bertz CT molecular complexity index is 143. The third kappa shape index (κ3) is 3.52. The van der Waals surface area contributed by atoms with Gasteiger partial charge < -0.3 is 15.9 Å². The third-order valence-electron chi connectivity index (χ3n) is 2.37. The van der Waals surface area contributed by atoms with Crippen molar-refractivity contribution in [3.8, 4) is 0 Å². The summed E-state index contributed by atoms with van der Waals surface area (Å²) in [4.78, 5) is 0. The SMILES string of the molecule is C[C@@](O)(CC1CC1)C[C@H](O)CN. The topological polar surface area (TPSA) is 66.5 Å². The van der Waals surface area contributed by atoms with Crippen LogP contribution in [0.2, 0.25) is 0 Å². The van der Waals surface area contributed by atoms with Crippen molar-refractivity contribution in [1.82, 2.24) is 0 Å². The molecule has 0 aromatic rings. The van der Waals surface area contributed by atoms with E-state index in [0.717, 1.165) is 6.42 Å². The van der Waals surface area contributed by atoms with Gasteiger partial charge >= 0.3 is 0 Å². The zero-order valence-electron chi connectivity index (χ0n) is 7.66. The van der Waals surface area contributed by atoms with Crippen LogP contribution in [0.15, 0.2) is 0 Å². The minimum Gasteiger partial charge on any atom is -0.392 e. The van der Waals surface area contributed by atoms with Crippen LogP contribution in [-0.2, 0) is 0 Å². The number of aliphatic hydroxyl groups excluding tert-OH is 1. The first kappa shape index (κ1) is 9.96. The largest absolute Gasteiger partial charge is 0.392 e. The quantitative estimate of drug-likeness (QED) is 0.558. The highest BCUT2D eigenvalue weighted by Crippen LogP contribution is 2.37. The standard InChI is InChI=1S/C9H19NO2/c1-9(12,4-7-2-3-7)5-8(11)6-10/h7-8,11-12H,2-6,10H2,1H3/t8-,9+/m0/s1. The molecule has 1 aliphatic carbocycles. The lowest BCUT2D eigenvalue weighted by Crippen LogP contribution is -2.34. The van der Waals surface area contributed by atoms with Crippen molar-refractivity contribution in [1.29, 1.82) is 0 Å². The van der Waals surface area contributed by atoms with E-state index in [1.165, 1.54) is 12.8 Å². The summed E-state index contributed by atoms with van der Waals surface area (Å²) >= 11 is 0. The van der Waals surface area contributed by atoms with Gasteiger partial charge in [-0.2, -0.15) is 0 Å². The van der Waals surface area contributed by atoms with Gasteiger partial charge in [-0.1, -0.05) is 12.8 Å². The van der Waals surface area contributed by atoms with Gasteiger partial charge in [-0.25, -0.2) is 0 Å². The lowest BCUT2D eigenvalue weighted by Gasteiger charge is -2.25. The predicted octanol–water partition coefficient (Wildman–Crippen LogP) is 0.247. The summed E-state index contributed by atoms with van der Waals surface area (Å²) < 4.78 is 0. The average Bonchev–Trinajstić information content (AvgIpc) is 2.69. The van der Waals surface area contributed by atoms with Gasteiger partial charge in [0.2, 0.25) is 0 Å². The zero-order valence-corrected chi connectivity index (χ0v) is 7.66. The number of nitrogens with two attached hydrogens (primary N) is 1. The molecule has 0 aromatic heterocycles. The molecule has 3 nitrogen and oxygen atoms in total. The monoisotopic (exact) mass is 173 g/mol. The fourth-order valence-corrected chi connectivity index (χ4v) is 1.62. The molecule has 0 amide bonds. The molecule has 1 saturated carbocycles. The van der Waals surface area contributed by atoms with Crippen LogP contribution in [-0.4, -0.2) is 28.5 Å². The Morgan fingerprint density at radius 1 is 1.58 bits per heavy atom. The molecule has 12 heavy (non-hydrogen) atoms. The fourth-order valence-electron chi connectivity index (χ4n) is 1.62. The van der Waals surface area contributed by atoms with Gasteiger partial charge in [-0.15, -0.1) is 0 Å². The van der Waals surface area contributed by atoms with E-state index < -0.39 is 11.7 Å². The van der Waals surface area contributed by atoms with Gasteiger partial charge in [0.25, 0.3) is 0 Å². The first-order valence-corrected chi connectivity index (χ1v) is 4.64. The number of aliphatic hydroxyl groups is 2. The Morgan fingerprint density at radius 2 is 2.17 bits per heavy atom. The Hall–Kier alpha value is -0.120. The Morgan fingerprint density at radius 3 is 2.58 bits per heavy atom. The summed E-state index contributed by atoms with van der Waals surface area (Å²) in [7, 11) is 0. The summed E-state index contributed by atoms with van der Waals surface area (Å²) in [6.45, 7) is 2.02. The van der Waals surface area contributed by atoms with Gasteiger partial charge in [0.15, 0.2) is 0 Å². The van der Waals surface area contributed by atoms with Gasteiger partial charge in [0, 0.05) is 13.0 Å². The van der Waals surface area contributed by atoms with E-state index in [1.807, 2.05) is 0 Å². The van der Waals surface area contributed by atoms with Crippen LogP contribution in [0, 0.1) is 5.92 Å². The van der Waals surface area contributed by atoms with E-state index in [4.69, 9.17) is 5.73 Å². The van der Waals surface area contributed by atoms with Crippen LogP contribution < -0.4 is 5.73 Å². The van der Waals surface area contributed by atoms with Crippen molar-refractivity contribution in [2.45, 2.75) is 44.3 Å². The maximum absolute atomic E-state index is 9.81. The van der Waals surface area contributed by atoms with Crippen molar-refractivity contribution in [3.63, 3.8) is 0 Å². The summed E-state index contributed by atoms with van der Waals surface area (Å²) in [6.07, 6.45) is 3.12. The molecule has 0 radical (unpaired) electrons. The minimum absolute atomic E-state index is 0.237. The summed E-state index contributed by atoms with van der Waals surface area (Å²) in [5.41, 5.74) is 4.54. The van der Waals surface area contributed by atoms with E-state index in [9.17, 15) is 10.2 Å².